The van der Waals surface area contributed by atoms with Crippen LogP contribution in [0.15, 0.2) is 35.2 Å². The SMILES string of the molecule is CSc1ccc(/C=C/C(C)N)cc1. The summed E-state index contributed by atoms with van der Waals surface area (Å²) in [7, 11) is 0. The van der Waals surface area contributed by atoms with Crippen LogP contribution in [0.5, 0.6) is 0 Å². The Morgan fingerprint density at radius 2 is 1.92 bits per heavy atom. The Balaban J connectivity index is 2.69. The first kappa shape index (κ1) is 10.4. The van der Waals surface area contributed by atoms with E-state index in [9.17, 15) is 0 Å². The lowest BCUT2D eigenvalue weighted by molar-refractivity contribution is 0.931. The van der Waals surface area contributed by atoms with E-state index in [1.807, 2.05) is 13.0 Å². The van der Waals surface area contributed by atoms with E-state index in [0.717, 1.165) is 0 Å². The van der Waals surface area contributed by atoms with Crippen LogP contribution < -0.4 is 5.73 Å². The molecule has 0 bridgehead atoms. The summed E-state index contributed by atoms with van der Waals surface area (Å²) >= 11 is 1.75. The highest BCUT2D eigenvalue weighted by atomic mass is 32.2. The summed E-state index contributed by atoms with van der Waals surface area (Å²) in [5.74, 6) is 0. The third kappa shape index (κ3) is 3.66. The summed E-state index contributed by atoms with van der Waals surface area (Å²) in [6, 6.07) is 8.56. The zero-order valence-electron chi connectivity index (χ0n) is 8.03. The Morgan fingerprint density at radius 3 is 2.38 bits per heavy atom. The van der Waals surface area contributed by atoms with Crippen LogP contribution >= 0.6 is 11.8 Å². The van der Waals surface area contributed by atoms with Crippen molar-refractivity contribution in [1.29, 1.82) is 0 Å². The number of hydrogen-bond acceptors (Lipinski definition) is 2. The highest BCUT2D eigenvalue weighted by Gasteiger charge is 1.90. The maximum Gasteiger partial charge on any atom is 0.0198 e. The van der Waals surface area contributed by atoms with Crippen molar-refractivity contribution in [3.05, 3.63) is 35.9 Å². The topological polar surface area (TPSA) is 26.0 Å². The van der Waals surface area contributed by atoms with Gasteiger partial charge in [-0.15, -0.1) is 11.8 Å². The Labute approximate surface area is 84.0 Å². The summed E-state index contributed by atoms with van der Waals surface area (Å²) in [5.41, 5.74) is 6.81. The van der Waals surface area contributed by atoms with Crippen molar-refractivity contribution >= 4 is 17.8 Å². The second-order valence-electron chi connectivity index (χ2n) is 2.99. The Hall–Kier alpha value is -0.730. The van der Waals surface area contributed by atoms with Crippen molar-refractivity contribution < 1.29 is 0 Å². The van der Waals surface area contributed by atoms with Crippen molar-refractivity contribution in [2.75, 3.05) is 6.26 Å². The van der Waals surface area contributed by atoms with Gasteiger partial charge in [0.05, 0.1) is 0 Å². The van der Waals surface area contributed by atoms with Gasteiger partial charge in [-0.05, 0) is 30.9 Å². The van der Waals surface area contributed by atoms with Crippen molar-refractivity contribution in [3.8, 4) is 0 Å². The molecule has 0 aliphatic heterocycles. The molecule has 2 N–H and O–H groups in total. The molecule has 0 saturated carbocycles. The van der Waals surface area contributed by atoms with Gasteiger partial charge in [0.25, 0.3) is 0 Å². The van der Waals surface area contributed by atoms with Gasteiger partial charge in [0.15, 0.2) is 0 Å². The molecule has 0 amide bonds. The van der Waals surface area contributed by atoms with Crippen molar-refractivity contribution in [2.24, 2.45) is 5.73 Å². The van der Waals surface area contributed by atoms with E-state index in [1.54, 1.807) is 11.8 Å². The molecule has 0 saturated heterocycles. The van der Waals surface area contributed by atoms with Gasteiger partial charge in [-0.3, -0.25) is 0 Å². The van der Waals surface area contributed by atoms with E-state index >= 15 is 0 Å². The molecule has 0 spiro atoms. The standard InChI is InChI=1S/C11H15NS/c1-9(12)3-4-10-5-7-11(13-2)8-6-10/h3-9H,12H2,1-2H3/b4-3+. The Kier molecular flexibility index (Phi) is 4.06. The molecule has 1 nitrogen and oxygen atoms in total. The van der Waals surface area contributed by atoms with Gasteiger partial charge < -0.3 is 5.73 Å². The molecule has 70 valence electrons. The van der Waals surface area contributed by atoms with E-state index in [1.165, 1.54) is 10.5 Å². The number of thioether (sulfide) groups is 1. The van der Waals surface area contributed by atoms with E-state index in [0.29, 0.717) is 0 Å². The van der Waals surface area contributed by atoms with Gasteiger partial charge in [0.2, 0.25) is 0 Å². The lowest BCUT2D eigenvalue weighted by Crippen LogP contribution is -2.09. The van der Waals surface area contributed by atoms with E-state index in [2.05, 4.69) is 36.6 Å². The summed E-state index contributed by atoms with van der Waals surface area (Å²) in [6.07, 6.45) is 6.12. The fraction of sp³-hybridized carbons (Fsp3) is 0.273. The Morgan fingerprint density at radius 1 is 1.31 bits per heavy atom. The minimum atomic E-state index is 0.125. The molecule has 1 aromatic carbocycles. The monoisotopic (exact) mass is 193 g/mol. The molecule has 0 fully saturated rings. The summed E-state index contributed by atoms with van der Waals surface area (Å²) in [6.45, 7) is 1.97. The normalized spacial score (nSPS) is 13.5. The van der Waals surface area contributed by atoms with Gasteiger partial charge >= 0.3 is 0 Å². The lowest BCUT2D eigenvalue weighted by Gasteiger charge is -1.98. The minimum absolute atomic E-state index is 0.125. The predicted octanol–water partition coefficient (Wildman–Crippen LogP) is 2.77. The lowest BCUT2D eigenvalue weighted by atomic mass is 10.2. The second-order valence-corrected chi connectivity index (χ2v) is 3.87. The maximum atomic E-state index is 5.61. The number of rotatable bonds is 3. The van der Waals surface area contributed by atoms with E-state index in [4.69, 9.17) is 5.73 Å². The first-order valence-electron chi connectivity index (χ1n) is 4.30. The fourth-order valence-electron chi connectivity index (χ4n) is 0.978. The molecule has 1 rings (SSSR count). The van der Waals surface area contributed by atoms with Crippen LogP contribution in [0.4, 0.5) is 0 Å². The van der Waals surface area contributed by atoms with Crippen LogP contribution in [-0.2, 0) is 0 Å². The maximum absolute atomic E-state index is 5.61. The molecular formula is C11H15NS. The smallest absolute Gasteiger partial charge is 0.0198 e. The third-order valence-corrected chi connectivity index (χ3v) is 2.45. The molecule has 0 aliphatic carbocycles. The number of hydrogen-bond donors (Lipinski definition) is 1. The fourth-order valence-corrected chi connectivity index (χ4v) is 1.39. The summed E-state index contributed by atoms with van der Waals surface area (Å²) in [5, 5.41) is 0. The Bertz CT molecular complexity index is 275. The molecule has 2 heteroatoms. The zero-order valence-corrected chi connectivity index (χ0v) is 8.84. The second kappa shape index (κ2) is 5.10. The quantitative estimate of drug-likeness (QED) is 0.747. The van der Waals surface area contributed by atoms with Crippen LogP contribution in [0.25, 0.3) is 6.08 Å². The summed E-state index contributed by atoms with van der Waals surface area (Å²) in [4.78, 5) is 1.29. The van der Waals surface area contributed by atoms with Crippen LogP contribution in [0.2, 0.25) is 0 Å². The highest BCUT2D eigenvalue weighted by Crippen LogP contribution is 2.15. The molecule has 0 heterocycles. The average Bonchev–Trinajstić information content (AvgIpc) is 2.15. The van der Waals surface area contributed by atoms with Crippen LogP contribution in [0.1, 0.15) is 12.5 Å². The predicted molar refractivity (Wildman–Crippen MR) is 60.9 cm³/mol. The number of nitrogens with two attached hydrogens (primary N) is 1. The van der Waals surface area contributed by atoms with Gasteiger partial charge in [-0.25, -0.2) is 0 Å². The molecular weight excluding hydrogens is 178 g/mol. The van der Waals surface area contributed by atoms with Gasteiger partial charge in [-0.2, -0.15) is 0 Å². The van der Waals surface area contributed by atoms with Crippen molar-refractivity contribution in [3.63, 3.8) is 0 Å². The first-order valence-corrected chi connectivity index (χ1v) is 5.52. The van der Waals surface area contributed by atoms with Crippen LogP contribution in [0.3, 0.4) is 0 Å². The van der Waals surface area contributed by atoms with E-state index in [-0.39, 0.29) is 6.04 Å². The largest absolute Gasteiger partial charge is 0.325 e. The van der Waals surface area contributed by atoms with Crippen LogP contribution in [0, 0.1) is 0 Å². The van der Waals surface area contributed by atoms with Gasteiger partial charge in [-0.1, -0.05) is 24.3 Å². The molecule has 1 unspecified atom stereocenters. The first-order chi connectivity index (χ1) is 6.22. The van der Waals surface area contributed by atoms with Crippen LogP contribution in [-0.4, -0.2) is 12.3 Å². The average molecular weight is 193 g/mol. The molecule has 0 aliphatic rings. The number of benzene rings is 1. The third-order valence-electron chi connectivity index (χ3n) is 1.71. The molecule has 1 atom stereocenters. The van der Waals surface area contributed by atoms with E-state index < -0.39 is 0 Å². The highest BCUT2D eigenvalue weighted by molar-refractivity contribution is 7.98. The summed E-state index contributed by atoms with van der Waals surface area (Å²) < 4.78 is 0. The van der Waals surface area contributed by atoms with Gasteiger partial charge in [0.1, 0.15) is 0 Å². The van der Waals surface area contributed by atoms with Crippen molar-refractivity contribution in [2.45, 2.75) is 17.9 Å². The molecule has 13 heavy (non-hydrogen) atoms. The zero-order chi connectivity index (χ0) is 9.68. The minimum Gasteiger partial charge on any atom is -0.325 e. The molecule has 0 aromatic heterocycles. The van der Waals surface area contributed by atoms with Gasteiger partial charge in [0, 0.05) is 10.9 Å². The molecule has 0 radical (unpaired) electrons. The van der Waals surface area contributed by atoms with Crippen molar-refractivity contribution in [1.82, 2.24) is 0 Å². The molecule has 1 aromatic rings.